The molecule has 0 spiro atoms. The second-order valence-electron chi connectivity index (χ2n) is 7.87. The molecular formula is C20H27N3O2. The molecule has 1 saturated heterocycles. The number of aryl methyl sites for hydroxylation is 1. The first-order chi connectivity index (χ1) is 11.8. The minimum Gasteiger partial charge on any atom is -0.361 e. The van der Waals surface area contributed by atoms with E-state index in [0.717, 1.165) is 12.2 Å². The lowest BCUT2D eigenvalue weighted by molar-refractivity contribution is 0.0542. The summed E-state index contributed by atoms with van der Waals surface area (Å²) in [6.07, 6.45) is 0. The zero-order valence-electron chi connectivity index (χ0n) is 15.7. The van der Waals surface area contributed by atoms with Gasteiger partial charge in [-0.25, -0.2) is 0 Å². The smallest absolute Gasteiger partial charge is 0.259 e. The molecule has 1 aliphatic rings. The van der Waals surface area contributed by atoms with Crippen LogP contribution < -0.4 is 0 Å². The van der Waals surface area contributed by atoms with Gasteiger partial charge in [-0.15, -0.1) is 0 Å². The summed E-state index contributed by atoms with van der Waals surface area (Å²) in [5.41, 5.74) is 2.38. The van der Waals surface area contributed by atoms with Crippen LogP contribution in [0.15, 0.2) is 34.9 Å². The fourth-order valence-corrected chi connectivity index (χ4v) is 3.39. The quantitative estimate of drug-likeness (QED) is 0.840. The predicted octanol–water partition coefficient (Wildman–Crippen LogP) is 3.41. The van der Waals surface area contributed by atoms with Crippen LogP contribution in [0.5, 0.6) is 0 Å². The van der Waals surface area contributed by atoms with Crippen molar-refractivity contribution < 1.29 is 9.32 Å². The maximum atomic E-state index is 13.2. The number of aromatic nitrogens is 1. The Morgan fingerprint density at radius 3 is 2.52 bits per heavy atom. The molecule has 2 heterocycles. The molecule has 0 bridgehead atoms. The lowest BCUT2D eigenvalue weighted by Gasteiger charge is -2.40. The molecule has 0 saturated carbocycles. The molecule has 1 amide bonds. The Balaban J connectivity index is 1.88. The molecule has 3 rings (SSSR count). The maximum Gasteiger partial charge on any atom is 0.259 e. The van der Waals surface area contributed by atoms with Crippen molar-refractivity contribution in [2.75, 3.05) is 26.7 Å². The molecule has 5 nitrogen and oxygen atoms in total. The van der Waals surface area contributed by atoms with Crippen molar-refractivity contribution in [2.24, 2.45) is 0 Å². The number of benzene rings is 1. The summed E-state index contributed by atoms with van der Waals surface area (Å²) < 4.78 is 5.36. The van der Waals surface area contributed by atoms with Crippen molar-refractivity contribution in [3.8, 4) is 0 Å². The van der Waals surface area contributed by atoms with E-state index in [0.29, 0.717) is 24.4 Å². The van der Waals surface area contributed by atoms with Gasteiger partial charge in [0.1, 0.15) is 17.0 Å². The lowest BCUT2D eigenvalue weighted by atomic mass is 9.88. The van der Waals surface area contributed by atoms with Crippen LogP contribution in [0.2, 0.25) is 0 Å². The minimum atomic E-state index is -0.228. The SMILES string of the molecule is Cc1onc(C(C)(C)C)c1C(=O)N1CCN(C)C(c2ccccc2)C1. The summed E-state index contributed by atoms with van der Waals surface area (Å²) in [6.45, 7) is 10.2. The number of piperazine rings is 1. The number of carbonyl (C=O) groups is 1. The molecule has 134 valence electrons. The molecule has 0 radical (unpaired) electrons. The van der Waals surface area contributed by atoms with Gasteiger partial charge in [-0.1, -0.05) is 56.3 Å². The Labute approximate surface area is 149 Å². The highest BCUT2D eigenvalue weighted by Gasteiger charge is 2.34. The Bertz CT molecular complexity index is 746. The van der Waals surface area contributed by atoms with Gasteiger partial charge in [-0.05, 0) is 19.5 Å². The van der Waals surface area contributed by atoms with E-state index in [1.165, 1.54) is 5.56 Å². The van der Waals surface area contributed by atoms with Crippen LogP contribution in [-0.4, -0.2) is 47.5 Å². The van der Waals surface area contributed by atoms with Crippen LogP contribution in [0.25, 0.3) is 0 Å². The summed E-state index contributed by atoms with van der Waals surface area (Å²) in [6, 6.07) is 10.6. The normalized spacial score (nSPS) is 19.2. The molecule has 5 heteroatoms. The van der Waals surface area contributed by atoms with E-state index in [2.05, 4.69) is 50.0 Å². The van der Waals surface area contributed by atoms with E-state index in [-0.39, 0.29) is 17.4 Å². The molecule has 2 aromatic rings. The van der Waals surface area contributed by atoms with E-state index in [9.17, 15) is 4.79 Å². The molecule has 0 aliphatic carbocycles. The highest BCUT2D eigenvalue weighted by atomic mass is 16.5. The number of carbonyl (C=O) groups excluding carboxylic acids is 1. The summed E-state index contributed by atoms with van der Waals surface area (Å²) in [5.74, 6) is 0.628. The molecule has 1 fully saturated rings. The van der Waals surface area contributed by atoms with E-state index >= 15 is 0 Å². The summed E-state index contributed by atoms with van der Waals surface area (Å²) >= 11 is 0. The van der Waals surface area contributed by atoms with Crippen LogP contribution in [0, 0.1) is 6.92 Å². The lowest BCUT2D eigenvalue weighted by Crippen LogP contribution is -2.49. The van der Waals surface area contributed by atoms with E-state index in [1.807, 2.05) is 30.0 Å². The van der Waals surface area contributed by atoms with Crippen LogP contribution in [0.4, 0.5) is 0 Å². The number of nitrogens with zero attached hydrogens (tertiary/aromatic N) is 3. The van der Waals surface area contributed by atoms with Gasteiger partial charge in [0.25, 0.3) is 5.91 Å². The summed E-state index contributed by atoms with van der Waals surface area (Å²) in [7, 11) is 2.12. The van der Waals surface area contributed by atoms with Crippen molar-refractivity contribution in [1.82, 2.24) is 15.0 Å². The van der Waals surface area contributed by atoms with Crippen molar-refractivity contribution >= 4 is 5.91 Å². The van der Waals surface area contributed by atoms with Gasteiger partial charge < -0.3 is 9.42 Å². The number of amides is 1. The molecule has 1 unspecified atom stereocenters. The first-order valence-corrected chi connectivity index (χ1v) is 8.80. The Hall–Kier alpha value is -2.14. The third kappa shape index (κ3) is 3.47. The van der Waals surface area contributed by atoms with E-state index < -0.39 is 0 Å². The fourth-order valence-electron chi connectivity index (χ4n) is 3.39. The number of hydrogen-bond donors (Lipinski definition) is 0. The molecule has 1 aromatic heterocycles. The third-order valence-corrected chi connectivity index (χ3v) is 4.91. The topological polar surface area (TPSA) is 49.6 Å². The molecule has 25 heavy (non-hydrogen) atoms. The van der Waals surface area contributed by atoms with Gasteiger partial charge in [-0.2, -0.15) is 0 Å². The highest BCUT2D eigenvalue weighted by molar-refractivity contribution is 5.96. The first kappa shape index (κ1) is 17.7. The molecule has 1 atom stereocenters. The highest BCUT2D eigenvalue weighted by Crippen LogP contribution is 2.30. The minimum absolute atomic E-state index is 0.0257. The van der Waals surface area contributed by atoms with Crippen molar-refractivity contribution in [3.05, 3.63) is 52.9 Å². The molecular weight excluding hydrogens is 314 g/mol. The van der Waals surface area contributed by atoms with Gasteiger partial charge in [0.15, 0.2) is 0 Å². The maximum absolute atomic E-state index is 13.2. The van der Waals surface area contributed by atoms with Crippen molar-refractivity contribution in [2.45, 2.75) is 39.2 Å². The van der Waals surface area contributed by atoms with Gasteiger partial charge in [0.2, 0.25) is 0 Å². The van der Waals surface area contributed by atoms with Gasteiger partial charge in [0, 0.05) is 25.0 Å². The fraction of sp³-hybridized carbons (Fsp3) is 0.500. The zero-order chi connectivity index (χ0) is 18.2. The van der Waals surface area contributed by atoms with Gasteiger partial charge in [0.05, 0.1) is 6.04 Å². The second kappa shape index (κ2) is 6.64. The largest absolute Gasteiger partial charge is 0.361 e. The number of rotatable bonds is 2. The van der Waals surface area contributed by atoms with E-state index in [4.69, 9.17) is 4.52 Å². The zero-order valence-corrected chi connectivity index (χ0v) is 15.7. The van der Waals surface area contributed by atoms with Crippen molar-refractivity contribution in [3.63, 3.8) is 0 Å². The average molecular weight is 341 g/mol. The summed E-state index contributed by atoms with van der Waals surface area (Å²) in [4.78, 5) is 17.5. The Kier molecular flexibility index (Phi) is 4.69. The van der Waals surface area contributed by atoms with Gasteiger partial charge >= 0.3 is 0 Å². The Morgan fingerprint density at radius 1 is 1.20 bits per heavy atom. The third-order valence-electron chi connectivity index (χ3n) is 4.91. The summed E-state index contributed by atoms with van der Waals surface area (Å²) in [5, 5.41) is 4.16. The van der Waals surface area contributed by atoms with E-state index in [1.54, 1.807) is 0 Å². The standard InChI is InChI=1S/C20H27N3O2/c1-14-17(18(21-25-14)20(2,3)4)19(24)23-12-11-22(5)16(13-23)15-9-7-6-8-10-15/h6-10,16H,11-13H2,1-5H3. The molecule has 1 aliphatic heterocycles. The van der Waals surface area contributed by atoms with Gasteiger partial charge in [-0.3, -0.25) is 9.69 Å². The van der Waals surface area contributed by atoms with Crippen molar-refractivity contribution in [1.29, 1.82) is 0 Å². The first-order valence-electron chi connectivity index (χ1n) is 8.80. The number of likely N-dealkylation sites (N-methyl/N-ethyl adjacent to an activating group) is 1. The second-order valence-corrected chi connectivity index (χ2v) is 7.87. The average Bonchev–Trinajstić information content (AvgIpc) is 2.97. The molecule has 1 aromatic carbocycles. The predicted molar refractivity (Wildman–Crippen MR) is 97.7 cm³/mol. The molecule has 0 N–H and O–H groups in total. The van der Waals surface area contributed by atoms with Crippen LogP contribution in [0.1, 0.15) is 54.2 Å². The van der Waals surface area contributed by atoms with Crippen LogP contribution in [-0.2, 0) is 5.41 Å². The monoisotopic (exact) mass is 341 g/mol. The van der Waals surface area contributed by atoms with Crippen LogP contribution in [0.3, 0.4) is 0 Å². The Morgan fingerprint density at radius 2 is 1.88 bits per heavy atom. The van der Waals surface area contributed by atoms with Crippen LogP contribution >= 0.6 is 0 Å². The number of hydrogen-bond acceptors (Lipinski definition) is 4.